The average molecular weight is 374 g/mol. The van der Waals surface area contributed by atoms with Gasteiger partial charge in [-0.1, -0.05) is 41.9 Å². The summed E-state index contributed by atoms with van der Waals surface area (Å²) in [7, 11) is 0. The van der Waals surface area contributed by atoms with Crippen LogP contribution >= 0.6 is 22.9 Å². The Kier molecular flexibility index (Phi) is 5.63. The first-order chi connectivity index (χ1) is 12.1. The van der Waals surface area contributed by atoms with Gasteiger partial charge in [-0.2, -0.15) is 0 Å². The maximum absolute atomic E-state index is 12.0. The number of nitrogens with zero attached hydrogens (tertiary/aromatic N) is 1. The molecule has 5 nitrogen and oxygen atoms in total. The number of hydrogen-bond donors (Lipinski definition) is 2. The van der Waals surface area contributed by atoms with Crippen LogP contribution < -0.4 is 5.32 Å². The van der Waals surface area contributed by atoms with Crippen molar-refractivity contribution in [3.8, 4) is 11.3 Å². The highest BCUT2D eigenvalue weighted by molar-refractivity contribution is 7.18. The fourth-order valence-corrected chi connectivity index (χ4v) is 3.31. The fraction of sp³-hybridized carbons (Fsp3) is 0.167. The molecule has 3 rings (SSSR count). The molecule has 0 bridgehead atoms. The number of aromatic amines is 1. The molecule has 0 radical (unpaired) electrons. The third kappa shape index (κ3) is 4.78. The van der Waals surface area contributed by atoms with E-state index in [0.717, 1.165) is 11.3 Å². The first-order valence-corrected chi connectivity index (χ1v) is 8.96. The van der Waals surface area contributed by atoms with Crippen LogP contribution in [-0.2, 0) is 11.3 Å². The first kappa shape index (κ1) is 17.4. The summed E-state index contributed by atoms with van der Waals surface area (Å²) in [4.78, 5) is 31.9. The second kappa shape index (κ2) is 8.09. The van der Waals surface area contributed by atoms with Crippen molar-refractivity contribution in [2.24, 2.45) is 0 Å². The van der Waals surface area contributed by atoms with Gasteiger partial charge < -0.3 is 10.3 Å². The SMILES string of the molecule is O=C(CCC(=O)c1ccc(Cl)s1)NCc1ncc(-c2ccccc2)[nH]1. The number of ketones is 1. The number of imidazole rings is 1. The van der Waals surface area contributed by atoms with Crippen LogP contribution in [0.2, 0.25) is 4.34 Å². The Balaban J connectivity index is 1.46. The third-order valence-electron chi connectivity index (χ3n) is 3.59. The van der Waals surface area contributed by atoms with E-state index < -0.39 is 0 Å². The standard InChI is InChI=1S/C18H16ClN3O2S/c19-16-8-7-15(25-16)14(23)6-9-18(24)21-11-17-20-10-13(22-17)12-4-2-1-3-5-12/h1-5,7-8,10H,6,9,11H2,(H,20,22)(H,21,24). The maximum atomic E-state index is 12.0. The Morgan fingerprint density at radius 1 is 1.12 bits per heavy atom. The highest BCUT2D eigenvalue weighted by atomic mass is 35.5. The van der Waals surface area contributed by atoms with Crippen LogP contribution in [0.15, 0.2) is 48.7 Å². The molecule has 0 aliphatic rings. The number of aromatic nitrogens is 2. The summed E-state index contributed by atoms with van der Waals surface area (Å²) in [6.45, 7) is 0.296. The van der Waals surface area contributed by atoms with Crippen molar-refractivity contribution in [2.45, 2.75) is 19.4 Å². The zero-order valence-electron chi connectivity index (χ0n) is 13.3. The minimum atomic E-state index is -0.186. The molecule has 0 saturated carbocycles. The van der Waals surface area contributed by atoms with E-state index in [9.17, 15) is 9.59 Å². The molecule has 0 aliphatic heterocycles. The number of benzene rings is 1. The van der Waals surface area contributed by atoms with E-state index >= 15 is 0 Å². The number of rotatable bonds is 7. The van der Waals surface area contributed by atoms with Crippen LogP contribution in [-0.4, -0.2) is 21.7 Å². The van der Waals surface area contributed by atoms with E-state index in [1.807, 2.05) is 30.3 Å². The van der Waals surface area contributed by atoms with Gasteiger partial charge in [0, 0.05) is 12.8 Å². The summed E-state index contributed by atoms with van der Waals surface area (Å²) in [5, 5.41) is 2.77. The molecule has 25 heavy (non-hydrogen) atoms. The molecule has 7 heteroatoms. The quantitative estimate of drug-likeness (QED) is 0.613. The number of carbonyl (C=O) groups excluding carboxylic acids is 2. The van der Waals surface area contributed by atoms with Crippen LogP contribution in [0.25, 0.3) is 11.3 Å². The number of thiophene rings is 1. The normalized spacial score (nSPS) is 10.6. The van der Waals surface area contributed by atoms with Crippen molar-refractivity contribution in [2.75, 3.05) is 0 Å². The molecule has 0 fully saturated rings. The van der Waals surface area contributed by atoms with Gasteiger partial charge in [-0.3, -0.25) is 9.59 Å². The van der Waals surface area contributed by atoms with Gasteiger partial charge in [0.1, 0.15) is 5.82 Å². The molecular formula is C18H16ClN3O2S. The van der Waals surface area contributed by atoms with Gasteiger partial charge in [-0.25, -0.2) is 4.98 Å². The Labute approximate surface area is 154 Å². The number of nitrogens with one attached hydrogen (secondary N) is 2. The second-order valence-corrected chi connectivity index (χ2v) is 7.13. The Morgan fingerprint density at radius 2 is 1.92 bits per heavy atom. The van der Waals surface area contributed by atoms with Gasteiger partial charge in [0.05, 0.1) is 27.6 Å². The zero-order valence-corrected chi connectivity index (χ0v) is 14.9. The third-order valence-corrected chi connectivity index (χ3v) is 4.87. The summed E-state index contributed by atoms with van der Waals surface area (Å²) < 4.78 is 0.569. The van der Waals surface area contributed by atoms with Crippen LogP contribution in [0.3, 0.4) is 0 Å². The minimum absolute atomic E-state index is 0.0728. The second-order valence-electron chi connectivity index (χ2n) is 5.41. The van der Waals surface area contributed by atoms with E-state index in [1.165, 1.54) is 11.3 Å². The number of carbonyl (C=O) groups is 2. The predicted octanol–water partition coefficient (Wildman–Crippen LogP) is 4.07. The number of hydrogen-bond acceptors (Lipinski definition) is 4. The highest BCUT2D eigenvalue weighted by Crippen LogP contribution is 2.22. The predicted molar refractivity (Wildman–Crippen MR) is 98.8 cm³/mol. The molecule has 0 saturated heterocycles. The lowest BCUT2D eigenvalue weighted by Gasteiger charge is -2.03. The molecule has 0 unspecified atom stereocenters. The summed E-state index contributed by atoms with van der Waals surface area (Å²) in [5.74, 6) is 0.411. The summed E-state index contributed by atoms with van der Waals surface area (Å²) in [6, 6.07) is 13.2. The topological polar surface area (TPSA) is 74.8 Å². The molecule has 1 amide bonds. The van der Waals surface area contributed by atoms with Crippen LogP contribution in [0.5, 0.6) is 0 Å². The molecule has 2 N–H and O–H groups in total. The van der Waals surface area contributed by atoms with Crippen LogP contribution in [0.4, 0.5) is 0 Å². The van der Waals surface area contributed by atoms with Crippen molar-refractivity contribution in [3.63, 3.8) is 0 Å². The Hall–Kier alpha value is -2.44. The van der Waals surface area contributed by atoms with E-state index in [4.69, 9.17) is 11.6 Å². The Bertz CT molecular complexity index is 873. The number of halogens is 1. The van der Waals surface area contributed by atoms with E-state index in [-0.39, 0.29) is 24.5 Å². The minimum Gasteiger partial charge on any atom is -0.349 e. The van der Waals surface area contributed by atoms with E-state index in [0.29, 0.717) is 21.6 Å². The maximum Gasteiger partial charge on any atom is 0.220 e. The van der Waals surface area contributed by atoms with E-state index in [2.05, 4.69) is 15.3 Å². The van der Waals surface area contributed by atoms with Gasteiger partial charge in [0.15, 0.2) is 5.78 Å². The van der Waals surface area contributed by atoms with Crippen molar-refractivity contribution in [1.82, 2.24) is 15.3 Å². The molecule has 0 aliphatic carbocycles. The van der Waals surface area contributed by atoms with Crippen molar-refractivity contribution >= 4 is 34.6 Å². The molecule has 2 heterocycles. The van der Waals surface area contributed by atoms with Crippen molar-refractivity contribution in [3.05, 3.63) is 63.7 Å². The molecule has 128 valence electrons. The lowest BCUT2D eigenvalue weighted by molar-refractivity contribution is -0.121. The number of H-pyrrole nitrogens is 1. The first-order valence-electron chi connectivity index (χ1n) is 7.76. The summed E-state index contributed by atoms with van der Waals surface area (Å²) in [5.41, 5.74) is 1.93. The van der Waals surface area contributed by atoms with Crippen LogP contribution in [0.1, 0.15) is 28.3 Å². The van der Waals surface area contributed by atoms with Gasteiger partial charge in [0.25, 0.3) is 0 Å². The Morgan fingerprint density at radius 3 is 2.64 bits per heavy atom. The van der Waals surface area contributed by atoms with Gasteiger partial charge >= 0.3 is 0 Å². The molecule has 1 aromatic carbocycles. The summed E-state index contributed by atoms with van der Waals surface area (Å²) in [6.07, 6.45) is 2.04. The van der Waals surface area contributed by atoms with Gasteiger partial charge in [-0.15, -0.1) is 11.3 Å². The highest BCUT2D eigenvalue weighted by Gasteiger charge is 2.12. The van der Waals surface area contributed by atoms with Gasteiger partial charge in [-0.05, 0) is 17.7 Å². The zero-order chi connectivity index (χ0) is 17.6. The lowest BCUT2D eigenvalue weighted by atomic mass is 10.2. The lowest BCUT2D eigenvalue weighted by Crippen LogP contribution is -2.23. The van der Waals surface area contributed by atoms with Crippen LogP contribution in [0, 0.1) is 0 Å². The molecule has 0 spiro atoms. The van der Waals surface area contributed by atoms with Gasteiger partial charge in [0.2, 0.25) is 5.91 Å². The monoisotopic (exact) mass is 373 g/mol. The molecule has 3 aromatic rings. The molecular weight excluding hydrogens is 358 g/mol. The van der Waals surface area contributed by atoms with E-state index in [1.54, 1.807) is 18.3 Å². The van der Waals surface area contributed by atoms with Crippen molar-refractivity contribution in [1.29, 1.82) is 0 Å². The number of amides is 1. The molecule has 2 aromatic heterocycles. The molecule has 0 atom stereocenters. The largest absolute Gasteiger partial charge is 0.349 e. The fourth-order valence-electron chi connectivity index (χ4n) is 2.30. The summed E-state index contributed by atoms with van der Waals surface area (Å²) >= 11 is 7.04. The van der Waals surface area contributed by atoms with Crippen molar-refractivity contribution < 1.29 is 9.59 Å². The smallest absolute Gasteiger partial charge is 0.220 e. The average Bonchev–Trinajstić information content (AvgIpc) is 3.28. The number of Topliss-reactive ketones (excluding diaryl/α,β-unsaturated/α-hetero) is 1.